The number of thiophene rings is 1. The Morgan fingerprint density at radius 3 is 2.43 bits per heavy atom. The molecule has 196 valence electrons. The molecule has 3 aromatic rings. The number of hydrogen-bond donors (Lipinski definition) is 1. The molecule has 4 atom stereocenters. The number of likely N-dealkylation sites (tertiary alicyclic amines) is 1. The fraction of sp³-hybridized carbons (Fsp3) is 0.536. The summed E-state index contributed by atoms with van der Waals surface area (Å²) in [5, 5.41) is 8.99. The lowest BCUT2D eigenvalue weighted by molar-refractivity contribution is -0.143. The largest absolute Gasteiger partial charge is 0.489 e. The zero-order valence-corrected chi connectivity index (χ0v) is 23.7. The highest BCUT2D eigenvalue weighted by Crippen LogP contribution is 2.63. The van der Waals surface area contributed by atoms with Gasteiger partial charge >= 0.3 is 0 Å². The molecule has 2 aliphatic heterocycles. The van der Waals surface area contributed by atoms with Gasteiger partial charge in [-0.05, 0) is 62.8 Å². The number of imide groups is 1. The monoisotopic (exact) mass is 540 g/mol. The summed E-state index contributed by atoms with van der Waals surface area (Å²) in [5.41, 5.74) is 3.48. The Bertz CT molecular complexity index is 1410. The molecule has 2 saturated heterocycles. The van der Waals surface area contributed by atoms with E-state index in [1.54, 1.807) is 11.3 Å². The van der Waals surface area contributed by atoms with Crippen molar-refractivity contribution in [2.45, 2.75) is 72.2 Å². The normalized spacial score (nSPS) is 28.7. The second-order valence-corrected chi connectivity index (χ2v) is 13.3. The van der Waals surface area contributed by atoms with Crippen molar-refractivity contribution in [3.63, 3.8) is 0 Å². The Morgan fingerprint density at radius 1 is 1.14 bits per heavy atom. The third-order valence-corrected chi connectivity index (χ3v) is 9.68. The average molecular weight is 541 g/mol. The number of aryl methyl sites for hydroxylation is 2. The molecule has 7 nitrogen and oxygen atoms in total. The first-order valence-corrected chi connectivity index (χ1v) is 14.2. The van der Waals surface area contributed by atoms with Crippen LogP contribution >= 0.6 is 22.9 Å². The molecular weight excluding hydrogens is 508 g/mol. The van der Waals surface area contributed by atoms with Gasteiger partial charge in [0.15, 0.2) is 0 Å². The van der Waals surface area contributed by atoms with Gasteiger partial charge in [-0.2, -0.15) is 5.10 Å². The number of hydrogen-bond acceptors (Lipinski definition) is 6. The molecule has 4 heterocycles. The molecule has 1 saturated carbocycles. The Morgan fingerprint density at radius 2 is 1.78 bits per heavy atom. The van der Waals surface area contributed by atoms with E-state index in [-0.39, 0.29) is 35.2 Å². The van der Waals surface area contributed by atoms with Crippen LogP contribution in [0.2, 0.25) is 5.02 Å². The molecule has 4 unspecified atom stereocenters. The number of amides is 2. The second kappa shape index (κ2) is 8.55. The molecular formula is C28H33ClN4O3S. The molecule has 1 aromatic carbocycles. The maximum atomic E-state index is 12.9. The second-order valence-electron chi connectivity index (χ2n) is 11.7. The molecule has 6 rings (SSSR count). The summed E-state index contributed by atoms with van der Waals surface area (Å²) in [7, 11) is 1.93. The van der Waals surface area contributed by atoms with E-state index in [2.05, 4.69) is 19.2 Å². The molecule has 37 heavy (non-hydrogen) atoms. The summed E-state index contributed by atoms with van der Waals surface area (Å²) in [4.78, 5) is 28.1. The van der Waals surface area contributed by atoms with Crippen LogP contribution in [0.15, 0.2) is 18.2 Å². The van der Waals surface area contributed by atoms with E-state index in [1.165, 1.54) is 4.90 Å². The standard InChI is InChI=1S/C28H33ClN4O3S/c1-13-7-16(29)10-19(24(13)36-17-8-14(2)30-15(3)9-17)23-25-20(31-32(23)6)11-18(37-25)12-33-26(34)21-22(27(33)35)28(21,4)5/h7,10-11,14-15,17,21-22,30H,8-9,12H2,1-6H3. The third kappa shape index (κ3) is 3.99. The molecule has 3 fully saturated rings. The van der Waals surface area contributed by atoms with Crippen molar-refractivity contribution in [3.8, 4) is 17.0 Å². The minimum Gasteiger partial charge on any atom is -0.489 e. The number of carbonyl (C=O) groups is 2. The average Bonchev–Trinajstić information content (AvgIpc) is 3.02. The number of nitrogens with one attached hydrogen (secondary N) is 1. The van der Waals surface area contributed by atoms with Gasteiger partial charge in [0.05, 0.1) is 28.8 Å². The molecule has 1 aliphatic carbocycles. The van der Waals surface area contributed by atoms with Gasteiger partial charge in [-0.15, -0.1) is 11.3 Å². The van der Waals surface area contributed by atoms with Crippen LogP contribution in [0.4, 0.5) is 0 Å². The first-order chi connectivity index (χ1) is 17.5. The summed E-state index contributed by atoms with van der Waals surface area (Å²) >= 11 is 8.13. The van der Waals surface area contributed by atoms with E-state index in [0.717, 1.165) is 50.5 Å². The van der Waals surface area contributed by atoms with Crippen LogP contribution in [0.3, 0.4) is 0 Å². The number of halogens is 1. The maximum Gasteiger partial charge on any atom is 0.234 e. The minimum atomic E-state index is -0.203. The topological polar surface area (TPSA) is 76.5 Å². The van der Waals surface area contributed by atoms with E-state index >= 15 is 0 Å². The van der Waals surface area contributed by atoms with Crippen LogP contribution in [0.1, 0.15) is 51.0 Å². The highest BCUT2D eigenvalue weighted by Gasteiger charge is 2.72. The number of fused-ring (bicyclic) bond motifs is 2. The van der Waals surface area contributed by atoms with Gasteiger partial charge in [-0.1, -0.05) is 25.4 Å². The molecule has 3 aliphatic rings. The Labute approximate surface area is 226 Å². The first-order valence-electron chi connectivity index (χ1n) is 13.0. The number of benzene rings is 1. The van der Waals surface area contributed by atoms with Crippen molar-refractivity contribution in [1.29, 1.82) is 0 Å². The zero-order chi connectivity index (χ0) is 26.4. The summed E-state index contributed by atoms with van der Waals surface area (Å²) in [6, 6.07) is 6.67. The van der Waals surface area contributed by atoms with Gasteiger partial charge in [0.1, 0.15) is 17.4 Å². The molecule has 0 spiro atoms. The van der Waals surface area contributed by atoms with Gasteiger partial charge in [0.2, 0.25) is 11.8 Å². The highest BCUT2D eigenvalue weighted by molar-refractivity contribution is 7.19. The molecule has 0 radical (unpaired) electrons. The van der Waals surface area contributed by atoms with Gasteiger partial charge in [-0.25, -0.2) is 0 Å². The molecule has 2 aromatic heterocycles. The number of carbonyl (C=O) groups excluding carboxylic acids is 2. The number of nitrogens with zero attached hydrogens (tertiary/aromatic N) is 3. The Kier molecular flexibility index (Phi) is 5.75. The predicted octanol–water partition coefficient (Wildman–Crippen LogP) is 5.31. The molecule has 1 N–H and O–H groups in total. The van der Waals surface area contributed by atoms with Crippen LogP contribution < -0.4 is 10.1 Å². The summed E-state index contributed by atoms with van der Waals surface area (Å²) in [5.74, 6) is 0.415. The van der Waals surface area contributed by atoms with Crippen molar-refractivity contribution in [1.82, 2.24) is 20.0 Å². The van der Waals surface area contributed by atoms with E-state index in [0.29, 0.717) is 23.7 Å². The quantitative estimate of drug-likeness (QED) is 0.444. The van der Waals surface area contributed by atoms with Crippen LogP contribution in [-0.2, 0) is 23.2 Å². The maximum absolute atomic E-state index is 12.9. The molecule has 0 bridgehead atoms. The van der Waals surface area contributed by atoms with Crippen molar-refractivity contribution in [3.05, 3.63) is 33.7 Å². The van der Waals surface area contributed by atoms with E-state index < -0.39 is 0 Å². The smallest absolute Gasteiger partial charge is 0.234 e. The molecule has 2 amide bonds. The van der Waals surface area contributed by atoms with E-state index in [9.17, 15) is 9.59 Å². The van der Waals surface area contributed by atoms with E-state index in [1.807, 2.05) is 50.7 Å². The Balaban J connectivity index is 1.34. The highest BCUT2D eigenvalue weighted by atomic mass is 35.5. The van der Waals surface area contributed by atoms with Crippen LogP contribution in [-0.4, -0.2) is 44.7 Å². The lowest BCUT2D eigenvalue weighted by atomic mass is 9.97. The van der Waals surface area contributed by atoms with Crippen molar-refractivity contribution in [2.24, 2.45) is 24.3 Å². The number of rotatable bonds is 5. The van der Waals surface area contributed by atoms with Gasteiger partial charge in [0, 0.05) is 34.6 Å². The van der Waals surface area contributed by atoms with Crippen molar-refractivity contribution >= 4 is 45.0 Å². The SMILES string of the molecule is Cc1cc(Cl)cc(-c2c3sc(CN4C(=O)C5C(C4=O)C5(C)C)cc3nn2C)c1OC1CC(C)NC(C)C1. The fourth-order valence-corrected chi connectivity index (χ4v) is 8.00. The minimum absolute atomic E-state index is 0.0431. The summed E-state index contributed by atoms with van der Waals surface area (Å²) in [6.07, 6.45) is 1.98. The Hall–Kier alpha value is -2.42. The number of ether oxygens (including phenoxy) is 1. The van der Waals surface area contributed by atoms with Crippen LogP contribution in [0.5, 0.6) is 5.75 Å². The fourth-order valence-electron chi connectivity index (χ4n) is 6.56. The summed E-state index contributed by atoms with van der Waals surface area (Å²) in [6.45, 7) is 10.7. The lowest BCUT2D eigenvalue weighted by Crippen LogP contribution is -2.46. The van der Waals surface area contributed by atoms with Crippen LogP contribution in [0.25, 0.3) is 21.5 Å². The zero-order valence-electron chi connectivity index (χ0n) is 22.1. The molecule has 9 heteroatoms. The number of piperidine rings is 2. The van der Waals surface area contributed by atoms with Gasteiger partial charge < -0.3 is 10.1 Å². The van der Waals surface area contributed by atoms with E-state index in [4.69, 9.17) is 21.4 Å². The predicted molar refractivity (Wildman–Crippen MR) is 146 cm³/mol. The van der Waals surface area contributed by atoms with Gasteiger partial charge in [-0.3, -0.25) is 19.2 Å². The number of aromatic nitrogens is 2. The van der Waals surface area contributed by atoms with Crippen LogP contribution in [0, 0.1) is 24.2 Å². The first kappa shape index (κ1) is 24.9. The summed E-state index contributed by atoms with van der Waals surface area (Å²) < 4.78 is 9.56. The van der Waals surface area contributed by atoms with Crippen molar-refractivity contribution in [2.75, 3.05) is 0 Å². The van der Waals surface area contributed by atoms with Gasteiger partial charge in [0.25, 0.3) is 0 Å². The van der Waals surface area contributed by atoms with Crippen molar-refractivity contribution < 1.29 is 14.3 Å². The third-order valence-electron chi connectivity index (χ3n) is 8.35. The lowest BCUT2D eigenvalue weighted by Gasteiger charge is -2.34.